The third-order valence-corrected chi connectivity index (χ3v) is 5.23. The first-order chi connectivity index (χ1) is 8.42. The third-order valence-electron chi connectivity index (χ3n) is 4.17. The van der Waals surface area contributed by atoms with Crippen molar-refractivity contribution in [3.63, 3.8) is 0 Å². The molecule has 1 aromatic heterocycles. The lowest BCUT2D eigenvalue weighted by Gasteiger charge is -2.21. The first-order valence-electron chi connectivity index (χ1n) is 7.07. The van der Waals surface area contributed by atoms with Gasteiger partial charge >= 0.3 is 0 Å². The van der Waals surface area contributed by atoms with Gasteiger partial charge in [0, 0.05) is 11.3 Å². The van der Waals surface area contributed by atoms with E-state index in [1.165, 1.54) is 68.7 Å². The third kappa shape index (κ3) is 2.89. The van der Waals surface area contributed by atoms with Crippen LogP contribution < -0.4 is 5.32 Å². The van der Waals surface area contributed by atoms with Crippen molar-refractivity contribution in [2.24, 2.45) is 5.92 Å². The van der Waals surface area contributed by atoms with Crippen LogP contribution in [-0.2, 0) is 6.42 Å². The average molecular weight is 250 g/mol. The Morgan fingerprint density at radius 2 is 2.12 bits per heavy atom. The number of aromatic nitrogens is 1. The summed E-state index contributed by atoms with van der Waals surface area (Å²) in [4.78, 5) is 4.88. The summed E-state index contributed by atoms with van der Waals surface area (Å²) < 4.78 is 0. The molecule has 3 rings (SSSR count). The SMILES string of the molecule is c1sc(C2CCCC2)nc1CC1CCCNC1. The summed E-state index contributed by atoms with van der Waals surface area (Å²) in [7, 11) is 0. The van der Waals surface area contributed by atoms with Crippen molar-refractivity contribution in [2.75, 3.05) is 13.1 Å². The van der Waals surface area contributed by atoms with Gasteiger partial charge in [-0.3, -0.25) is 0 Å². The fraction of sp³-hybridized carbons (Fsp3) is 0.786. The first-order valence-corrected chi connectivity index (χ1v) is 7.95. The fourth-order valence-corrected chi connectivity index (χ4v) is 4.17. The summed E-state index contributed by atoms with van der Waals surface area (Å²) in [6.07, 6.45) is 9.47. The minimum Gasteiger partial charge on any atom is -0.316 e. The normalized spacial score (nSPS) is 26.5. The minimum atomic E-state index is 0.790. The highest BCUT2D eigenvalue weighted by Gasteiger charge is 2.21. The Kier molecular flexibility index (Phi) is 3.77. The summed E-state index contributed by atoms with van der Waals surface area (Å²) in [5, 5.41) is 7.22. The van der Waals surface area contributed by atoms with Gasteiger partial charge in [-0.25, -0.2) is 4.98 Å². The molecule has 1 saturated carbocycles. The molecule has 1 unspecified atom stereocenters. The van der Waals surface area contributed by atoms with Gasteiger partial charge < -0.3 is 5.32 Å². The molecule has 2 heterocycles. The molecular formula is C14H22N2S. The number of nitrogens with one attached hydrogen (secondary N) is 1. The van der Waals surface area contributed by atoms with Gasteiger partial charge in [0.25, 0.3) is 0 Å². The van der Waals surface area contributed by atoms with E-state index in [4.69, 9.17) is 4.98 Å². The van der Waals surface area contributed by atoms with E-state index in [1.54, 1.807) is 0 Å². The maximum absolute atomic E-state index is 4.88. The lowest BCUT2D eigenvalue weighted by atomic mass is 9.95. The van der Waals surface area contributed by atoms with Gasteiger partial charge in [-0.15, -0.1) is 11.3 Å². The summed E-state index contributed by atoms with van der Waals surface area (Å²) in [6.45, 7) is 2.40. The average Bonchev–Trinajstić information content (AvgIpc) is 3.00. The molecule has 1 aromatic rings. The van der Waals surface area contributed by atoms with Crippen molar-refractivity contribution in [3.05, 3.63) is 16.1 Å². The summed E-state index contributed by atoms with van der Waals surface area (Å²) in [5.74, 6) is 1.61. The quantitative estimate of drug-likeness (QED) is 0.890. The zero-order chi connectivity index (χ0) is 11.5. The van der Waals surface area contributed by atoms with Crippen molar-refractivity contribution in [1.29, 1.82) is 0 Å². The highest BCUT2D eigenvalue weighted by molar-refractivity contribution is 7.09. The van der Waals surface area contributed by atoms with Gasteiger partial charge in [0.1, 0.15) is 0 Å². The number of hydrogen-bond acceptors (Lipinski definition) is 3. The molecule has 3 heteroatoms. The number of thiazole rings is 1. The van der Waals surface area contributed by atoms with Crippen LogP contribution in [0.1, 0.15) is 55.1 Å². The van der Waals surface area contributed by atoms with Crippen molar-refractivity contribution < 1.29 is 0 Å². The molecule has 94 valence electrons. The maximum atomic E-state index is 4.88. The van der Waals surface area contributed by atoms with Crippen LogP contribution in [0.4, 0.5) is 0 Å². The molecule has 2 fully saturated rings. The van der Waals surface area contributed by atoms with E-state index in [2.05, 4.69) is 10.7 Å². The van der Waals surface area contributed by atoms with E-state index in [1.807, 2.05) is 11.3 Å². The Labute approximate surface area is 108 Å². The topological polar surface area (TPSA) is 24.9 Å². The Morgan fingerprint density at radius 1 is 1.24 bits per heavy atom. The molecule has 0 radical (unpaired) electrons. The Balaban J connectivity index is 1.59. The largest absolute Gasteiger partial charge is 0.316 e. The second-order valence-electron chi connectivity index (χ2n) is 5.57. The molecule has 2 nitrogen and oxygen atoms in total. The zero-order valence-electron chi connectivity index (χ0n) is 10.5. The van der Waals surface area contributed by atoms with Crippen LogP contribution in [0.2, 0.25) is 0 Å². The van der Waals surface area contributed by atoms with E-state index in [9.17, 15) is 0 Å². The molecule has 1 atom stereocenters. The van der Waals surface area contributed by atoms with Crippen LogP contribution in [0.5, 0.6) is 0 Å². The summed E-state index contributed by atoms with van der Waals surface area (Å²) in [5.41, 5.74) is 1.35. The van der Waals surface area contributed by atoms with E-state index in [0.29, 0.717) is 0 Å². The number of nitrogens with zero attached hydrogens (tertiary/aromatic N) is 1. The predicted octanol–water partition coefficient (Wildman–Crippen LogP) is 3.34. The second-order valence-corrected chi connectivity index (χ2v) is 6.46. The van der Waals surface area contributed by atoms with Crippen LogP contribution in [0, 0.1) is 5.92 Å². The van der Waals surface area contributed by atoms with Gasteiger partial charge in [-0.1, -0.05) is 12.8 Å². The lowest BCUT2D eigenvalue weighted by Crippen LogP contribution is -2.30. The van der Waals surface area contributed by atoms with Crippen molar-refractivity contribution >= 4 is 11.3 Å². The Hall–Kier alpha value is -0.410. The summed E-state index contributed by atoms with van der Waals surface area (Å²) in [6, 6.07) is 0. The minimum absolute atomic E-state index is 0.790. The second kappa shape index (κ2) is 5.49. The molecule has 17 heavy (non-hydrogen) atoms. The van der Waals surface area contributed by atoms with Crippen LogP contribution in [-0.4, -0.2) is 18.1 Å². The molecule has 1 aliphatic carbocycles. The summed E-state index contributed by atoms with van der Waals surface area (Å²) >= 11 is 1.90. The van der Waals surface area contributed by atoms with Crippen LogP contribution >= 0.6 is 11.3 Å². The van der Waals surface area contributed by atoms with Gasteiger partial charge in [0.15, 0.2) is 0 Å². The number of piperidine rings is 1. The molecule has 2 aliphatic rings. The fourth-order valence-electron chi connectivity index (χ4n) is 3.17. The van der Waals surface area contributed by atoms with E-state index >= 15 is 0 Å². The number of hydrogen-bond donors (Lipinski definition) is 1. The highest BCUT2D eigenvalue weighted by Crippen LogP contribution is 2.35. The van der Waals surface area contributed by atoms with Crippen molar-refractivity contribution in [1.82, 2.24) is 10.3 Å². The van der Waals surface area contributed by atoms with Gasteiger partial charge in [0.2, 0.25) is 0 Å². The smallest absolute Gasteiger partial charge is 0.0959 e. The lowest BCUT2D eigenvalue weighted by molar-refractivity contribution is 0.374. The van der Waals surface area contributed by atoms with Crippen LogP contribution in [0.25, 0.3) is 0 Å². The molecule has 1 aliphatic heterocycles. The van der Waals surface area contributed by atoms with E-state index < -0.39 is 0 Å². The molecule has 0 aromatic carbocycles. The molecule has 0 bridgehead atoms. The van der Waals surface area contributed by atoms with Crippen molar-refractivity contribution in [3.8, 4) is 0 Å². The van der Waals surface area contributed by atoms with Gasteiger partial charge in [-0.2, -0.15) is 0 Å². The predicted molar refractivity (Wildman–Crippen MR) is 72.6 cm³/mol. The molecular weight excluding hydrogens is 228 g/mol. The highest BCUT2D eigenvalue weighted by atomic mass is 32.1. The van der Waals surface area contributed by atoms with Crippen LogP contribution in [0.15, 0.2) is 5.38 Å². The van der Waals surface area contributed by atoms with Gasteiger partial charge in [-0.05, 0) is 51.1 Å². The molecule has 1 saturated heterocycles. The molecule has 0 spiro atoms. The van der Waals surface area contributed by atoms with E-state index in [-0.39, 0.29) is 0 Å². The van der Waals surface area contributed by atoms with E-state index in [0.717, 1.165) is 11.8 Å². The standard InChI is InChI=1S/C14H22N2S/c1-2-6-12(5-1)14-16-13(10-17-14)8-11-4-3-7-15-9-11/h10-12,15H,1-9H2. The van der Waals surface area contributed by atoms with Crippen LogP contribution in [0.3, 0.4) is 0 Å². The molecule has 1 N–H and O–H groups in total. The molecule has 0 amide bonds. The van der Waals surface area contributed by atoms with Crippen molar-refractivity contribution in [2.45, 2.75) is 50.9 Å². The Bertz CT molecular complexity index is 349. The maximum Gasteiger partial charge on any atom is 0.0959 e. The first kappa shape index (κ1) is 11.7. The zero-order valence-corrected chi connectivity index (χ0v) is 11.3. The number of rotatable bonds is 3. The van der Waals surface area contributed by atoms with Gasteiger partial charge in [0.05, 0.1) is 10.7 Å². The Morgan fingerprint density at radius 3 is 2.88 bits per heavy atom. The monoisotopic (exact) mass is 250 g/mol.